The van der Waals surface area contributed by atoms with Gasteiger partial charge in [-0.05, 0) is 68.4 Å². The summed E-state index contributed by atoms with van der Waals surface area (Å²) in [6, 6.07) is 5.51. The van der Waals surface area contributed by atoms with Crippen molar-refractivity contribution >= 4 is 17.0 Å². The molecule has 5 rings (SSSR count). The maximum atomic E-state index is 13.0. The Labute approximate surface area is 210 Å². The largest absolute Gasteiger partial charge is 0.481 e. The predicted molar refractivity (Wildman–Crippen MR) is 129 cm³/mol. The molecule has 0 unspecified atom stereocenters. The number of aromatic nitrogens is 5. The quantitative estimate of drug-likeness (QED) is 0.335. The van der Waals surface area contributed by atoms with Crippen molar-refractivity contribution in [2.75, 3.05) is 0 Å². The number of aromatic amines is 1. The van der Waals surface area contributed by atoms with E-state index >= 15 is 0 Å². The Bertz CT molecular complexity index is 1430. The molecule has 0 atom stereocenters. The van der Waals surface area contributed by atoms with Crippen molar-refractivity contribution in [1.29, 1.82) is 0 Å². The summed E-state index contributed by atoms with van der Waals surface area (Å²) in [4.78, 5) is 31.4. The number of aryl methyl sites for hydroxylation is 1. The molecular weight excluding hydrogens is 487 g/mol. The molecule has 11 heteroatoms. The van der Waals surface area contributed by atoms with E-state index in [1.54, 1.807) is 18.6 Å². The lowest BCUT2D eigenvalue weighted by molar-refractivity contribution is -0.139. The number of aliphatic carboxylic acids is 1. The van der Waals surface area contributed by atoms with Crippen LogP contribution in [0.4, 0.5) is 13.2 Å². The molecule has 3 aromatic heterocycles. The lowest BCUT2D eigenvalue weighted by Crippen LogP contribution is -2.25. The molecule has 1 fully saturated rings. The van der Waals surface area contributed by atoms with Gasteiger partial charge >= 0.3 is 18.2 Å². The molecule has 8 nitrogen and oxygen atoms in total. The zero-order valence-electron chi connectivity index (χ0n) is 19.9. The zero-order chi connectivity index (χ0) is 26.2. The van der Waals surface area contributed by atoms with Crippen molar-refractivity contribution in [3.05, 3.63) is 54.0 Å². The molecule has 192 valence electrons. The molecule has 37 heavy (non-hydrogen) atoms. The van der Waals surface area contributed by atoms with E-state index in [9.17, 15) is 18.0 Å². The topological polar surface area (TPSA) is 114 Å². The number of halogens is 3. The normalized spacial score (nSPS) is 18.2. The van der Waals surface area contributed by atoms with Crippen molar-refractivity contribution < 1.29 is 27.8 Å². The number of imidazole rings is 1. The van der Waals surface area contributed by atoms with Gasteiger partial charge in [0.25, 0.3) is 0 Å². The van der Waals surface area contributed by atoms with E-state index in [4.69, 9.17) is 9.84 Å². The third-order valence-electron chi connectivity index (χ3n) is 6.59. The molecule has 1 aromatic carbocycles. The Balaban J connectivity index is 1.27. The minimum atomic E-state index is -4.43. The van der Waals surface area contributed by atoms with Crippen molar-refractivity contribution in [2.45, 2.75) is 51.3 Å². The number of carboxylic acids is 1. The first-order chi connectivity index (χ1) is 17.7. The highest BCUT2D eigenvalue weighted by atomic mass is 19.4. The molecule has 0 saturated heterocycles. The van der Waals surface area contributed by atoms with Crippen LogP contribution in [0.2, 0.25) is 0 Å². The fourth-order valence-corrected chi connectivity index (χ4v) is 4.68. The average molecular weight is 512 g/mol. The molecule has 1 aliphatic carbocycles. The van der Waals surface area contributed by atoms with Gasteiger partial charge in [-0.25, -0.2) is 15.0 Å². The van der Waals surface area contributed by atoms with Crippen molar-refractivity contribution in [3.8, 4) is 28.7 Å². The SMILES string of the molecule is Cc1cc(-c2nc3ccc(C(F)(F)F)cc3[nH]2)cnc1-c1cnc(OC2CCC(CC(=O)O)CC2)nc1. The first-order valence-corrected chi connectivity index (χ1v) is 11.9. The minimum Gasteiger partial charge on any atom is -0.481 e. The average Bonchev–Trinajstić information content (AvgIpc) is 3.29. The van der Waals surface area contributed by atoms with Crippen LogP contribution in [0, 0.1) is 12.8 Å². The van der Waals surface area contributed by atoms with Gasteiger partial charge in [0, 0.05) is 36.1 Å². The minimum absolute atomic E-state index is 0.0361. The molecule has 2 N–H and O–H groups in total. The van der Waals surface area contributed by atoms with E-state index in [0.29, 0.717) is 33.7 Å². The van der Waals surface area contributed by atoms with Gasteiger partial charge in [-0.15, -0.1) is 0 Å². The molecule has 1 aliphatic rings. The number of pyridine rings is 1. The van der Waals surface area contributed by atoms with Gasteiger partial charge in [0.05, 0.1) is 22.3 Å². The number of carboxylic acid groups (broad SMARTS) is 1. The van der Waals surface area contributed by atoms with Gasteiger partial charge in [-0.3, -0.25) is 9.78 Å². The third-order valence-corrected chi connectivity index (χ3v) is 6.59. The Morgan fingerprint density at radius 2 is 1.76 bits per heavy atom. The Morgan fingerprint density at radius 1 is 1.05 bits per heavy atom. The number of H-pyrrole nitrogens is 1. The summed E-state index contributed by atoms with van der Waals surface area (Å²) in [7, 11) is 0. The molecule has 0 aliphatic heterocycles. The summed E-state index contributed by atoms with van der Waals surface area (Å²) < 4.78 is 44.9. The summed E-state index contributed by atoms with van der Waals surface area (Å²) in [5, 5.41) is 8.95. The van der Waals surface area contributed by atoms with Crippen LogP contribution in [0.25, 0.3) is 33.7 Å². The second-order valence-electron chi connectivity index (χ2n) is 9.32. The smallest absolute Gasteiger partial charge is 0.416 e. The lowest BCUT2D eigenvalue weighted by Gasteiger charge is -2.27. The number of nitrogens with one attached hydrogen (secondary N) is 1. The van der Waals surface area contributed by atoms with Crippen LogP contribution in [0.15, 0.2) is 42.9 Å². The van der Waals surface area contributed by atoms with Gasteiger partial charge < -0.3 is 14.8 Å². The summed E-state index contributed by atoms with van der Waals surface area (Å²) in [6.45, 7) is 1.87. The highest BCUT2D eigenvalue weighted by Crippen LogP contribution is 2.33. The molecule has 0 spiro atoms. The summed E-state index contributed by atoms with van der Waals surface area (Å²) in [5.74, 6) is -0.151. The van der Waals surface area contributed by atoms with Crippen LogP contribution in [0.3, 0.4) is 0 Å². The van der Waals surface area contributed by atoms with Crippen molar-refractivity contribution in [1.82, 2.24) is 24.9 Å². The number of alkyl halides is 3. The lowest BCUT2D eigenvalue weighted by atomic mass is 9.85. The highest BCUT2D eigenvalue weighted by molar-refractivity contribution is 5.80. The Morgan fingerprint density at radius 3 is 2.41 bits per heavy atom. The number of carbonyl (C=O) groups is 1. The Hall–Kier alpha value is -4.02. The third kappa shape index (κ3) is 5.55. The highest BCUT2D eigenvalue weighted by Gasteiger charge is 2.31. The number of nitrogens with zero attached hydrogens (tertiary/aromatic N) is 4. The fraction of sp³-hybridized carbons (Fsp3) is 0.346. The van der Waals surface area contributed by atoms with Crippen LogP contribution in [0.1, 0.15) is 43.2 Å². The molecule has 4 aromatic rings. The zero-order valence-corrected chi connectivity index (χ0v) is 19.9. The van der Waals surface area contributed by atoms with Crippen LogP contribution in [-0.2, 0) is 11.0 Å². The summed E-state index contributed by atoms with van der Waals surface area (Å²) in [5.41, 5.74) is 2.82. The van der Waals surface area contributed by atoms with Gasteiger partial charge in [-0.1, -0.05) is 0 Å². The van der Waals surface area contributed by atoms with Crippen LogP contribution >= 0.6 is 0 Å². The van der Waals surface area contributed by atoms with Gasteiger partial charge in [0.1, 0.15) is 11.9 Å². The van der Waals surface area contributed by atoms with Crippen LogP contribution in [0.5, 0.6) is 6.01 Å². The second-order valence-corrected chi connectivity index (χ2v) is 9.32. The first-order valence-electron chi connectivity index (χ1n) is 11.9. The predicted octanol–water partition coefficient (Wildman–Crippen LogP) is 5.82. The van der Waals surface area contributed by atoms with Gasteiger partial charge in [-0.2, -0.15) is 13.2 Å². The van der Waals surface area contributed by atoms with E-state index in [1.165, 1.54) is 6.07 Å². The van der Waals surface area contributed by atoms with Crippen molar-refractivity contribution in [2.24, 2.45) is 5.92 Å². The second kappa shape index (κ2) is 9.79. The van der Waals surface area contributed by atoms with Crippen molar-refractivity contribution in [3.63, 3.8) is 0 Å². The monoisotopic (exact) mass is 511 g/mol. The van der Waals surface area contributed by atoms with E-state index < -0.39 is 17.7 Å². The number of hydrogen-bond acceptors (Lipinski definition) is 6. The first kappa shape index (κ1) is 24.7. The number of benzene rings is 1. The molecule has 3 heterocycles. The van der Waals surface area contributed by atoms with E-state index in [-0.39, 0.29) is 24.5 Å². The van der Waals surface area contributed by atoms with E-state index in [1.807, 2.05) is 13.0 Å². The standard InChI is InChI=1S/C26H24F3N5O3/c1-14-8-16(24-33-20-7-4-18(26(27,28)29)10-21(20)34-24)11-30-23(14)17-12-31-25(32-13-17)37-19-5-2-15(3-6-19)9-22(35)36/h4,7-8,10-13,15,19H,2-3,5-6,9H2,1H3,(H,33,34)(H,35,36). The van der Waals surface area contributed by atoms with E-state index in [0.717, 1.165) is 43.4 Å². The Kier molecular flexibility index (Phi) is 6.53. The maximum Gasteiger partial charge on any atom is 0.416 e. The molecule has 1 saturated carbocycles. The molecule has 0 radical (unpaired) electrons. The molecular formula is C26H24F3N5O3. The molecule has 0 bridgehead atoms. The fourth-order valence-electron chi connectivity index (χ4n) is 4.68. The number of rotatable bonds is 6. The van der Waals surface area contributed by atoms with Gasteiger partial charge in [0.15, 0.2) is 0 Å². The summed E-state index contributed by atoms with van der Waals surface area (Å²) in [6.07, 6.45) is 3.74. The number of fused-ring (bicyclic) bond motifs is 1. The number of hydrogen-bond donors (Lipinski definition) is 2. The van der Waals surface area contributed by atoms with Crippen LogP contribution < -0.4 is 4.74 Å². The maximum absolute atomic E-state index is 13.0. The summed E-state index contributed by atoms with van der Waals surface area (Å²) >= 11 is 0. The molecule has 0 amide bonds. The number of ether oxygens (including phenoxy) is 1. The van der Waals surface area contributed by atoms with Crippen LogP contribution in [-0.4, -0.2) is 42.1 Å². The van der Waals surface area contributed by atoms with E-state index in [2.05, 4.69) is 24.9 Å². The van der Waals surface area contributed by atoms with Gasteiger partial charge in [0.2, 0.25) is 0 Å².